The van der Waals surface area contributed by atoms with Gasteiger partial charge in [-0.15, -0.1) is 0 Å². The molecule has 0 aliphatic rings. The summed E-state index contributed by atoms with van der Waals surface area (Å²) >= 11 is 0. The number of rotatable bonds is 11. The summed E-state index contributed by atoms with van der Waals surface area (Å²) in [7, 11) is 0. The lowest BCUT2D eigenvalue weighted by Gasteiger charge is -2.08. The molecule has 0 radical (unpaired) electrons. The second kappa shape index (κ2) is 10.2. The van der Waals surface area contributed by atoms with Gasteiger partial charge in [-0.05, 0) is 24.1 Å². The van der Waals surface area contributed by atoms with Crippen LogP contribution in [0.2, 0.25) is 0 Å². The quantitative estimate of drug-likeness (QED) is 0.604. The summed E-state index contributed by atoms with van der Waals surface area (Å²) in [6, 6.07) is 7.18. The van der Waals surface area contributed by atoms with E-state index in [0.717, 1.165) is 31.7 Å². The van der Waals surface area contributed by atoms with E-state index in [2.05, 4.69) is 12.2 Å². The first-order valence-electron chi connectivity index (χ1n) is 6.94. The molecule has 0 fully saturated rings. The largest absolute Gasteiger partial charge is 0.492 e. The maximum atomic E-state index is 10.6. The van der Waals surface area contributed by atoms with E-state index >= 15 is 0 Å². The van der Waals surface area contributed by atoms with Gasteiger partial charge in [0.15, 0.2) is 0 Å². The zero-order valence-corrected chi connectivity index (χ0v) is 11.9. The molecule has 1 aromatic carbocycles. The van der Waals surface area contributed by atoms with Crippen molar-refractivity contribution in [3.63, 3.8) is 0 Å². The Balaban J connectivity index is 2.14. The SMILES string of the molecule is CCCOCCNCCOc1cccc(CC(=O)O)c1. The lowest BCUT2D eigenvalue weighted by molar-refractivity contribution is -0.136. The van der Waals surface area contributed by atoms with Gasteiger partial charge in [0.1, 0.15) is 12.4 Å². The van der Waals surface area contributed by atoms with Crippen LogP contribution in [0.5, 0.6) is 5.75 Å². The van der Waals surface area contributed by atoms with Gasteiger partial charge in [0.2, 0.25) is 0 Å². The molecule has 0 aromatic heterocycles. The van der Waals surface area contributed by atoms with Gasteiger partial charge in [0, 0.05) is 19.7 Å². The monoisotopic (exact) mass is 281 g/mol. The molecule has 0 saturated carbocycles. The van der Waals surface area contributed by atoms with E-state index < -0.39 is 5.97 Å². The summed E-state index contributed by atoms with van der Waals surface area (Å²) in [5.41, 5.74) is 0.746. The van der Waals surface area contributed by atoms with Crippen molar-refractivity contribution in [3.8, 4) is 5.75 Å². The molecule has 2 N–H and O–H groups in total. The molecule has 112 valence electrons. The van der Waals surface area contributed by atoms with Gasteiger partial charge in [-0.3, -0.25) is 4.79 Å². The molecule has 5 heteroatoms. The number of carboxylic acids is 1. The molecule has 0 amide bonds. The van der Waals surface area contributed by atoms with E-state index in [4.69, 9.17) is 14.6 Å². The first-order valence-corrected chi connectivity index (χ1v) is 6.94. The summed E-state index contributed by atoms with van der Waals surface area (Å²) in [5.74, 6) is -0.135. The van der Waals surface area contributed by atoms with Gasteiger partial charge in [-0.2, -0.15) is 0 Å². The summed E-state index contributed by atoms with van der Waals surface area (Å²) in [6.45, 7) is 5.68. The minimum atomic E-state index is -0.837. The number of hydrogen-bond acceptors (Lipinski definition) is 4. The second-order valence-electron chi connectivity index (χ2n) is 4.43. The van der Waals surface area contributed by atoms with Gasteiger partial charge in [0.05, 0.1) is 13.0 Å². The molecule has 0 bridgehead atoms. The van der Waals surface area contributed by atoms with Crippen molar-refractivity contribution < 1.29 is 19.4 Å². The number of aliphatic carboxylic acids is 1. The molecule has 1 rings (SSSR count). The minimum Gasteiger partial charge on any atom is -0.492 e. The first kappa shape index (κ1) is 16.5. The van der Waals surface area contributed by atoms with Crippen LogP contribution in [0.3, 0.4) is 0 Å². The lowest BCUT2D eigenvalue weighted by atomic mass is 10.1. The van der Waals surface area contributed by atoms with Gasteiger partial charge >= 0.3 is 5.97 Å². The zero-order valence-electron chi connectivity index (χ0n) is 11.9. The van der Waals surface area contributed by atoms with Gasteiger partial charge in [0.25, 0.3) is 0 Å². The van der Waals surface area contributed by atoms with E-state index in [1.54, 1.807) is 18.2 Å². The summed E-state index contributed by atoms with van der Waals surface area (Å²) in [5, 5.41) is 11.9. The van der Waals surface area contributed by atoms with Crippen LogP contribution in [-0.4, -0.2) is 44.0 Å². The van der Waals surface area contributed by atoms with Gasteiger partial charge < -0.3 is 19.9 Å². The topological polar surface area (TPSA) is 67.8 Å². The maximum absolute atomic E-state index is 10.6. The lowest BCUT2D eigenvalue weighted by Crippen LogP contribution is -2.25. The van der Waals surface area contributed by atoms with Crippen LogP contribution in [0, 0.1) is 0 Å². The highest BCUT2D eigenvalue weighted by Crippen LogP contribution is 2.13. The number of carboxylic acid groups (broad SMARTS) is 1. The number of carbonyl (C=O) groups is 1. The van der Waals surface area contributed by atoms with Crippen molar-refractivity contribution in [1.82, 2.24) is 5.32 Å². The Morgan fingerprint density at radius 3 is 2.80 bits per heavy atom. The fraction of sp³-hybridized carbons (Fsp3) is 0.533. The predicted octanol–water partition coefficient (Wildman–Crippen LogP) is 1.71. The highest BCUT2D eigenvalue weighted by atomic mass is 16.5. The smallest absolute Gasteiger partial charge is 0.307 e. The van der Waals surface area contributed by atoms with E-state index in [-0.39, 0.29) is 6.42 Å². The average molecular weight is 281 g/mol. The van der Waals surface area contributed by atoms with E-state index in [9.17, 15) is 4.79 Å². The van der Waals surface area contributed by atoms with E-state index in [0.29, 0.717) is 19.0 Å². The Hall–Kier alpha value is -1.59. The molecule has 0 aliphatic heterocycles. The van der Waals surface area contributed by atoms with Crippen LogP contribution >= 0.6 is 0 Å². The number of nitrogens with one attached hydrogen (secondary N) is 1. The molecule has 0 unspecified atom stereocenters. The minimum absolute atomic E-state index is 0.0181. The van der Waals surface area contributed by atoms with Crippen LogP contribution in [0.25, 0.3) is 0 Å². The first-order chi connectivity index (χ1) is 9.72. The van der Waals surface area contributed by atoms with Crippen molar-refractivity contribution in [1.29, 1.82) is 0 Å². The Bertz CT molecular complexity index is 395. The average Bonchev–Trinajstić information content (AvgIpc) is 2.41. The fourth-order valence-corrected chi connectivity index (χ4v) is 1.68. The molecule has 1 aromatic rings. The van der Waals surface area contributed by atoms with Crippen molar-refractivity contribution in [2.75, 3.05) is 32.9 Å². The molecular weight excluding hydrogens is 258 g/mol. The molecule has 5 nitrogen and oxygen atoms in total. The number of benzene rings is 1. The van der Waals surface area contributed by atoms with Crippen molar-refractivity contribution in [3.05, 3.63) is 29.8 Å². The predicted molar refractivity (Wildman–Crippen MR) is 77.3 cm³/mol. The molecule has 0 aliphatic carbocycles. The molecule has 0 atom stereocenters. The van der Waals surface area contributed by atoms with Gasteiger partial charge in [-0.1, -0.05) is 19.1 Å². The Kier molecular flexibility index (Phi) is 8.42. The summed E-state index contributed by atoms with van der Waals surface area (Å²) < 4.78 is 10.9. The van der Waals surface area contributed by atoms with E-state index in [1.165, 1.54) is 0 Å². The normalized spacial score (nSPS) is 10.4. The summed E-state index contributed by atoms with van der Waals surface area (Å²) in [4.78, 5) is 10.6. The van der Waals surface area contributed by atoms with Gasteiger partial charge in [-0.25, -0.2) is 0 Å². The van der Waals surface area contributed by atoms with Crippen molar-refractivity contribution in [2.24, 2.45) is 0 Å². The standard InChI is InChI=1S/C15H23NO4/c1-2-8-19-9-6-16-7-10-20-14-5-3-4-13(11-14)12-15(17)18/h3-5,11,16H,2,6-10,12H2,1H3,(H,17,18). The van der Waals surface area contributed by atoms with Crippen LogP contribution in [0.1, 0.15) is 18.9 Å². The Morgan fingerprint density at radius 2 is 2.05 bits per heavy atom. The van der Waals surface area contributed by atoms with Crippen LogP contribution in [0.4, 0.5) is 0 Å². The third kappa shape index (κ3) is 7.76. The molecule has 0 spiro atoms. The number of ether oxygens (including phenoxy) is 2. The van der Waals surface area contributed by atoms with E-state index in [1.807, 2.05) is 6.07 Å². The Labute approximate surface area is 119 Å². The summed E-state index contributed by atoms with van der Waals surface area (Å²) in [6.07, 6.45) is 1.06. The molecule has 0 heterocycles. The fourth-order valence-electron chi connectivity index (χ4n) is 1.68. The molecular formula is C15H23NO4. The van der Waals surface area contributed by atoms with Crippen molar-refractivity contribution in [2.45, 2.75) is 19.8 Å². The van der Waals surface area contributed by atoms with Crippen LogP contribution < -0.4 is 10.1 Å². The third-order valence-corrected chi connectivity index (χ3v) is 2.57. The Morgan fingerprint density at radius 1 is 1.25 bits per heavy atom. The highest BCUT2D eigenvalue weighted by Gasteiger charge is 2.01. The van der Waals surface area contributed by atoms with Crippen LogP contribution in [-0.2, 0) is 16.0 Å². The maximum Gasteiger partial charge on any atom is 0.307 e. The molecule has 0 saturated heterocycles. The van der Waals surface area contributed by atoms with Crippen molar-refractivity contribution >= 4 is 5.97 Å². The highest BCUT2D eigenvalue weighted by molar-refractivity contribution is 5.70. The third-order valence-electron chi connectivity index (χ3n) is 2.57. The molecule has 20 heavy (non-hydrogen) atoms. The van der Waals surface area contributed by atoms with Crippen LogP contribution in [0.15, 0.2) is 24.3 Å². The second-order valence-corrected chi connectivity index (χ2v) is 4.43. The number of hydrogen-bond donors (Lipinski definition) is 2. The zero-order chi connectivity index (χ0) is 14.6.